The van der Waals surface area contributed by atoms with E-state index in [1.165, 1.54) is 12.8 Å². The van der Waals surface area contributed by atoms with Crippen molar-refractivity contribution in [1.82, 2.24) is 4.90 Å². The highest BCUT2D eigenvalue weighted by Crippen LogP contribution is 2.23. The van der Waals surface area contributed by atoms with E-state index in [4.69, 9.17) is 0 Å². The van der Waals surface area contributed by atoms with Gasteiger partial charge in [0.25, 0.3) is 5.91 Å². The van der Waals surface area contributed by atoms with Crippen molar-refractivity contribution in [1.29, 1.82) is 0 Å². The Morgan fingerprint density at radius 3 is 2.30 bits per heavy atom. The maximum Gasteiger partial charge on any atom is 0.251 e. The van der Waals surface area contributed by atoms with E-state index in [1.807, 2.05) is 86.7 Å². The number of anilines is 2. The molecule has 0 saturated carbocycles. The number of amides is 1. The molecule has 0 aromatic heterocycles. The number of para-hydroxylation sites is 1. The average molecular weight is 444 g/mol. The lowest BCUT2D eigenvalue weighted by Crippen LogP contribution is -2.18. The van der Waals surface area contributed by atoms with Crippen LogP contribution in [0.25, 0.3) is 0 Å². The molecule has 4 rings (SSSR count). The van der Waals surface area contributed by atoms with Crippen LogP contribution >= 0.6 is 0 Å². The third kappa shape index (κ3) is 7.29. The highest BCUT2D eigenvalue weighted by molar-refractivity contribution is 6.05. The van der Waals surface area contributed by atoms with Gasteiger partial charge in [0.15, 0.2) is 5.78 Å². The number of hydrogen-bond donors (Lipinski definition) is 2. The normalized spacial score (nSPS) is 15.5. The van der Waals surface area contributed by atoms with E-state index >= 15 is 0 Å². The second-order valence-electron chi connectivity index (χ2n) is 7.86. The van der Waals surface area contributed by atoms with Gasteiger partial charge in [-0.1, -0.05) is 44.2 Å². The van der Waals surface area contributed by atoms with Crippen molar-refractivity contribution in [2.75, 3.05) is 30.3 Å². The van der Waals surface area contributed by atoms with Crippen molar-refractivity contribution >= 4 is 23.1 Å². The van der Waals surface area contributed by atoms with Crippen LogP contribution in [-0.2, 0) is 4.79 Å². The standard InChI is InChI=1S/C26H27N3O2.C2H6/c30-25(9-6-18-29-16-4-5-17-29)20-10-13-23(14-11-20)27-24-15-12-21(19-24)26(31)28-22-7-2-1-3-8-22;1-2/h1-3,6-15,27H,4-5,16-19H2,(H,28,31);1-2H3/b9-6+;. The number of nitrogens with one attached hydrogen (secondary N) is 2. The summed E-state index contributed by atoms with van der Waals surface area (Å²) in [6, 6.07) is 16.9. The maximum atomic E-state index is 12.4. The van der Waals surface area contributed by atoms with Gasteiger partial charge in [0, 0.05) is 41.2 Å². The molecule has 0 radical (unpaired) electrons. The van der Waals surface area contributed by atoms with Crippen LogP contribution in [0.1, 0.15) is 43.5 Å². The molecule has 1 aliphatic heterocycles. The molecule has 1 fully saturated rings. The van der Waals surface area contributed by atoms with Crippen LogP contribution < -0.4 is 10.6 Å². The molecule has 2 aliphatic rings. The maximum absolute atomic E-state index is 12.4. The number of allylic oxidation sites excluding steroid dienone is 4. The Labute approximate surface area is 196 Å². The van der Waals surface area contributed by atoms with Gasteiger partial charge < -0.3 is 10.6 Å². The molecule has 172 valence electrons. The lowest BCUT2D eigenvalue weighted by Gasteiger charge is -2.10. The molecule has 2 aromatic carbocycles. The van der Waals surface area contributed by atoms with Crippen molar-refractivity contribution in [3.63, 3.8) is 0 Å². The van der Waals surface area contributed by atoms with E-state index in [9.17, 15) is 9.59 Å². The second-order valence-corrected chi connectivity index (χ2v) is 7.86. The van der Waals surface area contributed by atoms with Gasteiger partial charge in [-0.2, -0.15) is 0 Å². The van der Waals surface area contributed by atoms with Gasteiger partial charge in [0.2, 0.25) is 0 Å². The monoisotopic (exact) mass is 443 g/mol. The summed E-state index contributed by atoms with van der Waals surface area (Å²) >= 11 is 0. The summed E-state index contributed by atoms with van der Waals surface area (Å²) < 4.78 is 0. The van der Waals surface area contributed by atoms with E-state index in [0.29, 0.717) is 17.6 Å². The molecule has 1 saturated heterocycles. The first kappa shape index (κ1) is 24.2. The van der Waals surface area contributed by atoms with Crippen LogP contribution in [0.3, 0.4) is 0 Å². The van der Waals surface area contributed by atoms with Crippen LogP contribution in [0.2, 0.25) is 0 Å². The molecule has 0 unspecified atom stereocenters. The van der Waals surface area contributed by atoms with E-state index in [2.05, 4.69) is 15.5 Å². The summed E-state index contributed by atoms with van der Waals surface area (Å²) in [5, 5.41) is 6.24. The second kappa shape index (κ2) is 12.6. The van der Waals surface area contributed by atoms with Gasteiger partial charge in [-0.05, 0) is 74.5 Å². The number of carbonyl (C=O) groups excluding carboxylic acids is 2. The van der Waals surface area contributed by atoms with Crippen LogP contribution in [0.4, 0.5) is 11.4 Å². The molecule has 5 nitrogen and oxygen atoms in total. The summed E-state index contributed by atoms with van der Waals surface area (Å²) in [6.07, 6.45) is 10.4. The largest absolute Gasteiger partial charge is 0.359 e. The van der Waals surface area contributed by atoms with Crippen molar-refractivity contribution in [3.05, 3.63) is 95.7 Å². The summed E-state index contributed by atoms with van der Waals surface area (Å²) in [5.41, 5.74) is 4.00. The first-order chi connectivity index (χ1) is 16.2. The van der Waals surface area contributed by atoms with E-state index in [-0.39, 0.29) is 11.7 Å². The van der Waals surface area contributed by atoms with Gasteiger partial charge in [-0.15, -0.1) is 0 Å². The Morgan fingerprint density at radius 2 is 1.61 bits per heavy atom. The van der Waals surface area contributed by atoms with Gasteiger partial charge >= 0.3 is 0 Å². The molecule has 2 aromatic rings. The SMILES string of the molecule is CC.O=C(Nc1ccccc1)C1=CC=C(Nc2ccc(C(=O)/C=C/CN3CCCC3)cc2)C1. The summed E-state index contributed by atoms with van der Waals surface area (Å²) in [4.78, 5) is 27.1. The molecule has 0 bridgehead atoms. The van der Waals surface area contributed by atoms with Crippen LogP contribution in [0.15, 0.2) is 90.2 Å². The molecule has 33 heavy (non-hydrogen) atoms. The van der Waals surface area contributed by atoms with Crippen molar-refractivity contribution < 1.29 is 9.59 Å². The lowest BCUT2D eigenvalue weighted by atomic mass is 10.1. The summed E-state index contributed by atoms with van der Waals surface area (Å²) in [7, 11) is 0. The number of ketones is 1. The number of carbonyl (C=O) groups is 2. The highest BCUT2D eigenvalue weighted by Gasteiger charge is 2.16. The minimum absolute atomic E-state index is 0.0207. The lowest BCUT2D eigenvalue weighted by molar-refractivity contribution is -0.112. The Morgan fingerprint density at radius 1 is 0.909 bits per heavy atom. The van der Waals surface area contributed by atoms with Crippen LogP contribution in [0.5, 0.6) is 0 Å². The minimum atomic E-state index is -0.0964. The summed E-state index contributed by atoms with van der Waals surface area (Å²) in [6.45, 7) is 7.09. The minimum Gasteiger partial charge on any atom is -0.359 e. The smallest absolute Gasteiger partial charge is 0.251 e. The molecule has 1 heterocycles. The van der Waals surface area contributed by atoms with Crippen LogP contribution in [0, 0.1) is 0 Å². The molecule has 0 spiro atoms. The van der Waals surface area contributed by atoms with Gasteiger partial charge in [-0.25, -0.2) is 0 Å². The quantitative estimate of drug-likeness (QED) is 0.399. The molecule has 1 aliphatic carbocycles. The molecule has 1 amide bonds. The van der Waals surface area contributed by atoms with E-state index < -0.39 is 0 Å². The zero-order chi connectivity index (χ0) is 23.5. The van der Waals surface area contributed by atoms with E-state index in [1.54, 1.807) is 6.08 Å². The molecule has 0 atom stereocenters. The summed E-state index contributed by atoms with van der Waals surface area (Å²) in [5.74, 6) is -0.0757. The molecule has 2 N–H and O–H groups in total. The third-order valence-electron chi connectivity index (χ3n) is 5.50. The Balaban J connectivity index is 0.00000149. The Bertz CT molecular complexity index is 1010. The Hall–Kier alpha value is -3.44. The number of benzene rings is 2. The molecular formula is C28H33N3O2. The van der Waals surface area contributed by atoms with Crippen LogP contribution in [-0.4, -0.2) is 36.2 Å². The predicted octanol–water partition coefficient (Wildman–Crippen LogP) is 5.81. The van der Waals surface area contributed by atoms with E-state index in [0.717, 1.165) is 36.7 Å². The number of hydrogen-bond acceptors (Lipinski definition) is 4. The number of nitrogens with zero attached hydrogens (tertiary/aromatic N) is 1. The first-order valence-corrected chi connectivity index (χ1v) is 11.7. The Kier molecular flexibility index (Phi) is 9.21. The fourth-order valence-electron chi connectivity index (χ4n) is 3.77. The fourth-order valence-corrected chi connectivity index (χ4v) is 3.77. The molecule has 5 heteroatoms. The number of rotatable bonds is 8. The zero-order valence-corrected chi connectivity index (χ0v) is 19.5. The zero-order valence-electron chi connectivity index (χ0n) is 19.5. The predicted molar refractivity (Wildman–Crippen MR) is 136 cm³/mol. The van der Waals surface area contributed by atoms with Gasteiger partial charge in [0.1, 0.15) is 0 Å². The van der Waals surface area contributed by atoms with Crippen molar-refractivity contribution in [2.45, 2.75) is 33.1 Å². The number of likely N-dealkylation sites (tertiary alicyclic amines) is 1. The van der Waals surface area contributed by atoms with Gasteiger partial charge in [-0.3, -0.25) is 14.5 Å². The highest BCUT2D eigenvalue weighted by atomic mass is 16.1. The first-order valence-electron chi connectivity index (χ1n) is 11.7. The third-order valence-corrected chi connectivity index (χ3v) is 5.50. The van der Waals surface area contributed by atoms with Crippen molar-refractivity contribution in [3.8, 4) is 0 Å². The fraction of sp³-hybridized carbons (Fsp3) is 0.286. The van der Waals surface area contributed by atoms with Gasteiger partial charge in [0.05, 0.1) is 0 Å². The topological polar surface area (TPSA) is 61.4 Å². The van der Waals surface area contributed by atoms with Crippen molar-refractivity contribution in [2.24, 2.45) is 0 Å². The molecular weight excluding hydrogens is 410 g/mol. The average Bonchev–Trinajstić information content (AvgIpc) is 3.54.